The molecule has 0 unspecified atom stereocenters. The van der Waals surface area contributed by atoms with Crippen molar-refractivity contribution >= 4 is 51.7 Å². The van der Waals surface area contributed by atoms with Gasteiger partial charge in [0.25, 0.3) is 5.56 Å². The average Bonchev–Trinajstić information content (AvgIpc) is 3.14. The van der Waals surface area contributed by atoms with Crippen molar-refractivity contribution in [3.63, 3.8) is 0 Å². The van der Waals surface area contributed by atoms with Crippen molar-refractivity contribution < 1.29 is 19.6 Å². The quantitative estimate of drug-likeness (QED) is 0.211. The van der Waals surface area contributed by atoms with Crippen LogP contribution in [0.5, 0.6) is 5.75 Å². The number of thiazole rings is 1. The van der Waals surface area contributed by atoms with Crippen LogP contribution < -0.4 is 14.9 Å². The summed E-state index contributed by atoms with van der Waals surface area (Å²) in [6, 6.07) is 11.2. The number of nitro groups is 1. The topological polar surface area (TPSA) is 124 Å². The van der Waals surface area contributed by atoms with Gasteiger partial charge in [0.15, 0.2) is 4.80 Å². The molecular formula is C23H18IN3O6S. The van der Waals surface area contributed by atoms with Crippen molar-refractivity contribution in [2.24, 2.45) is 4.99 Å². The number of carbonyl (C=O) groups is 1. The van der Waals surface area contributed by atoms with Crippen molar-refractivity contribution in [2.45, 2.75) is 19.4 Å². The van der Waals surface area contributed by atoms with Gasteiger partial charge in [-0.3, -0.25) is 19.5 Å². The normalized spacial score (nSPS) is 15.6. The number of esters is 1. The molecule has 2 heterocycles. The van der Waals surface area contributed by atoms with Gasteiger partial charge in [0.2, 0.25) is 5.75 Å². The van der Waals surface area contributed by atoms with E-state index in [1.807, 2.05) is 37.3 Å². The highest BCUT2D eigenvalue weighted by Crippen LogP contribution is 2.33. The van der Waals surface area contributed by atoms with E-state index < -0.39 is 28.4 Å². The second-order valence-corrected chi connectivity index (χ2v) is 9.50. The Labute approximate surface area is 210 Å². The first kappa shape index (κ1) is 23.8. The minimum absolute atomic E-state index is 0.286. The van der Waals surface area contributed by atoms with E-state index in [-0.39, 0.29) is 13.7 Å². The van der Waals surface area contributed by atoms with Crippen LogP contribution in [0.3, 0.4) is 0 Å². The highest BCUT2D eigenvalue weighted by molar-refractivity contribution is 14.1. The molecule has 11 heteroatoms. The minimum Gasteiger partial charge on any atom is -0.501 e. The molecule has 0 aliphatic carbocycles. The molecule has 3 aromatic rings. The summed E-state index contributed by atoms with van der Waals surface area (Å²) in [6.45, 7) is 1.87. The van der Waals surface area contributed by atoms with E-state index in [9.17, 15) is 24.8 Å². The van der Waals surface area contributed by atoms with Gasteiger partial charge in [0.05, 0.1) is 37.4 Å². The maximum Gasteiger partial charge on any atom is 0.338 e. The lowest BCUT2D eigenvalue weighted by Gasteiger charge is -2.25. The maximum absolute atomic E-state index is 13.5. The Hall–Kier alpha value is -3.32. The summed E-state index contributed by atoms with van der Waals surface area (Å²) in [7, 11) is 1.29. The largest absolute Gasteiger partial charge is 0.501 e. The molecular weight excluding hydrogens is 573 g/mol. The summed E-state index contributed by atoms with van der Waals surface area (Å²) in [6.07, 6.45) is 1.98. The lowest BCUT2D eigenvalue weighted by molar-refractivity contribution is -0.386. The number of allylic oxidation sites excluding steroid dienone is 1. The van der Waals surface area contributed by atoms with Crippen LogP contribution in [0, 0.1) is 13.7 Å². The number of aromatic hydroxyl groups is 1. The monoisotopic (exact) mass is 591 g/mol. The number of rotatable bonds is 5. The number of aromatic nitrogens is 1. The molecule has 1 aliphatic heterocycles. The number of carbonyl (C=O) groups excluding carboxylic acids is 1. The van der Waals surface area contributed by atoms with E-state index in [2.05, 4.69) is 4.99 Å². The Morgan fingerprint density at radius 3 is 2.68 bits per heavy atom. The Morgan fingerprint density at radius 2 is 2.06 bits per heavy atom. The maximum atomic E-state index is 13.5. The fourth-order valence-corrected chi connectivity index (χ4v) is 5.45. The molecule has 0 radical (unpaired) electrons. The van der Waals surface area contributed by atoms with Gasteiger partial charge in [-0.05, 0) is 52.3 Å². The molecule has 9 nitrogen and oxygen atoms in total. The zero-order valence-electron chi connectivity index (χ0n) is 18.0. The van der Waals surface area contributed by atoms with Gasteiger partial charge in [-0.2, -0.15) is 0 Å². The number of fused-ring (bicyclic) bond motifs is 1. The van der Waals surface area contributed by atoms with E-state index >= 15 is 0 Å². The molecule has 0 spiro atoms. The van der Waals surface area contributed by atoms with Gasteiger partial charge in [-0.1, -0.05) is 48.6 Å². The fourth-order valence-electron chi connectivity index (χ4n) is 3.79. The number of benzene rings is 2. The molecule has 0 fully saturated rings. The second-order valence-electron chi connectivity index (χ2n) is 7.33. The zero-order chi connectivity index (χ0) is 24.6. The Morgan fingerprint density at radius 1 is 1.35 bits per heavy atom. The first-order valence-corrected chi connectivity index (χ1v) is 12.0. The lowest BCUT2D eigenvalue weighted by Crippen LogP contribution is -2.40. The van der Waals surface area contributed by atoms with Crippen LogP contribution in [-0.2, 0) is 9.53 Å². The van der Waals surface area contributed by atoms with Crippen LogP contribution in [0.25, 0.3) is 6.08 Å². The second kappa shape index (κ2) is 9.50. The highest BCUT2D eigenvalue weighted by atomic mass is 127. The average molecular weight is 591 g/mol. The van der Waals surface area contributed by atoms with Crippen molar-refractivity contribution in [1.29, 1.82) is 0 Å². The van der Waals surface area contributed by atoms with Crippen LogP contribution in [0.4, 0.5) is 5.69 Å². The Kier molecular flexibility index (Phi) is 6.66. The molecule has 174 valence electrons. The molecule has 1 atom stereocenters. The molecule has 2 aromatic carbocycles. The molecule has 4 rings (SSSR count). The molecule has 0 saturated heterocycles. The molecule has 1 aromatic heterocycles. The van der Waals surface area contributed by atoms with E-state index in [1.165, 1.54) is 23.8 Å². The Bertz CT molecular complexity index is 1520. The standard InChI is InChI=1S/C23H18IN3O6S/c1-3-15-18(22(30)33-2)19(13-7-5-4-6-8-13)26-21(29)17(34-23(26)25-15)11-12-9-14(24)20(28)16(10-12)27(31)32/h4-11,19,28H,3H2,1-2H3/b17-11-/t19-/m1/s1. The van der Waals surface area contributed by atoms with Crippen LogP contribution in [-0.4, -0.2) is 27.7 Å². The number of ether oxygens (including phenoxy) is 1. The number of hydrogen-bond donors (Lipinski definition) is 1. The van der Waals surface area contributed by atoms with E-state index in [4.69, 9.17) is 4.74 Å². The Balaban J connectivity index is 2.00. The van der Waals surface area contributed by atoms with Gasteiger partial charge in [0.1, 0.15) is 0 Å². The number of phenols is 1. The summed E-state index contributed by atoms with van der Waals surface area (Å²) >= 11 is 2.93. The molecule has 1 aliphatic rings. The van der Waals surface area contributed by atoms with Gasteiger partial charge < -0.3 is 9.84 Å². The zero-order valence-corrected chi connectivity index (χ0v) is 21.0. The number of halogens is 1. The fraction of sp³-hybridized carbons (Fsp3) is 0.174. The van der Waals surface area contributed by atoms with Crippen LogP contribution in [0.1, 0.15) is 30.5 Å². The third kappa shape index (κ3) is 4.16. The highest BCUT2D eigenvalue weighted by Gasteiger charge is 2.33. The summed E-state index contributed by atoms with van der Waals surface area (Å²) in [5, 5.41) is 21.3. The summed E-state index contributed by atoms with van der Waals surface area (Å²) < 4.78 is 7.06. The summed E-state index contributed by atoms with van der Waals surface area (Å²) in [5.74, 6) is -0.990. The van der Waals surface area contributed by atoms with E-state index in [0.717, 1.165) is 16.9 Å². The molecule has 34 heavy (non-hydrogen) atoms. The third-order valence-corrected chi connectivity index (χ3v) is 7.13. The van der Waals surface area contributed by atoms with Crippen molar-refractivity contribution in [3.8, 4) is 5.75 Å². The van der Waals surface area contributed by atoms with Gasteiger partial charge in [0, 0.05) is 6.07 Å². The van der Waals surface area contributed by atoms with Crippen LogP contribution in [0.15, 0.2) is 63.5 Å². The van der Waals surface area contributed by atoms with Gasteiger partial charge in [-0.15, -0.1) is 0 Å². The molecule has 0 saturated carbocycles. The molecule has 0 bridgehead atoms. The van der Waals surface area contributed by atoms with Crippen molar-refractivity contribution in [1.82, 2.24) is 4.57 Å². The molecule has 1 N–H and O–H groups in total. The predicted molar refractivity (Wildman–Crippen MR) is 134 cm³/mol. The van der Waals surface area contributed by atoms with Crippen molar-refractivity contribution in [2.75, 3.05) is 7.11 Å². The smallest absolute Gasteiger partial charge is 0.338 e. The number of nitro benzene ring substituents is 1. The minimum atomic E-state index is -0.726. The number of nitrogens with zero attached hydrogens (tertiary/aromatic N) is 3. The first-order chi connectivity index (χ1) is 16.3. The number of hydrogen-bond acceptors (Lipinski definition) is 8. The first-order valence-electron chi connectivity index (χ1n) is 10.1. The molecule has 0 amide bonds. The number of methoxy groups -OCH3 is 1. The SMILES string of the molecule is CCC1=C(C(=O)OC)[C@@H](c2ccccc2)n2c(s/c(=C\c3cc(I)c(O)c([N+](=O)[O-])c3)c2=O)=N1. The lowest BCUT2D eigenvalue weighted by atomic mass is 9.95. The summed E-state index contributed by atoms with van der Waals surface area (Å²) in [4.78, 5) is 41.9. The van der Waals surface area contributed by atoms with Crippen molar-refractivity contribution in [3.05, 3.63) is 98.2 Å². The van der Waals surface area contributed by atoms with E-state index in [0.29, 0.717) is 28.1 Å². The predicted octanol–water partition coefficient (Wildman–Crippen LogP) is 3.02. The van der Waals surface area contributed by atoms with Gasteiger partial charge in [-0.25, -0.2) is 9.79 Å². The van der Waals surface area contributed by atoms with Crippen LogP contribution in [0.2, 0.25) is 0 Å². The van der Waals surface area contributed by atoms with Gasteiger partial charge >= 0.3 is 11.7 Å². The summed E-state index contributed by atoms with van der Waals surface area (Å²) in [5.41, 5.74) is 1.10. The van der Waals surface area contributed by atoms with Crippen LogP contribution >= 0.6 is 33.9 Å². The number of phenolic OH excluding ortho intramolecular Hbond substituents is 1. The third-order valence-electron chi connectivity index (χ3n) is 5.33. The van der Waals surface area contributed by atoms with E-state index in [1.54, 1.807) is 28.7 Å².